The fourth-order valence-corrected chi connectivity index (χ4v) is 3.10. The van der Waals surface area contributed by atoms with Gasteiger partial charge in [0.15, 0.2) is 5.82 Å². The molecular formula is C13H23N5O. The Morgan fingerprint density at radius 1 is 1.37 bits per heavy atom. The molecule has 3 fully saturated rings. The summed E-state index contributed by atoms with van der Waals surface area (Å²) in [6.07, 6.45) is 2.10. The molecule has 3 saturated heterocycles. The highest BCUT2D eigenvalue weighted by molar-refractivity contribution is 5.03. The van der Waals surface area contributed by atoms with Crippen molar-refractivity contribution >= 4 is 0 Å². The number of nitrogens with zero attached hydrogens (tertiary/aromatic N) is 4. The Kier molecular flexibility index (Phi) is 3.81. The predicted octanol–water partition coefficient (Wildman–Crippen LogP) is 0.584. The van der Waals surface area contributed by atoms with Gasteiger partial charge >= 0.3 is 0 Å². The molecule has 19 heavy (non-hydrogen) atoms. The molecule has 6 heteroatoms. The molecule has 2 unspecified atom stereocenters. The third kappa shape index (κ3) is 2.52. The molecule has 3 aliphatic rings. The fraction of sp³-hybridized carbons (Fsp3) is 0.846. The van der Waals surface area contributed by atoms with Crippen molar-refractivity contribution in [3.8, 4) is 0 Å². The molecule has 0 radical (unpaired) electrons. The first-order valence-electron chi connectivity index (χ1n) is 7.31. The lowest BCUT2D eigenvalue weighted by molar-refractivity contribution is 0.00781. The van der Waals surface area contributed by atoms with E-state index in [2.05, 4.69) is 26.9 Å². The van der Waals surface area contributed by atoms with E-state index >= 15 is 0 Å². The standard InChI is InChI=1S/C13H23N5O/c1-2-3-10(8-14)13-15-12(16-19-13)11-9-17-4-6-18(11)7-5-17/h10-11H,2-9,14H2,1H3. The van der Waals surface area contributed by atoms with Gasteiger partial charge in [0.1, 0.15) is 0 Å². The van der Waals surface area contributed by atoms with Gasteiger partial charge in [0.25, 0.3) is 0 Å². The number of piperazine rings is 3. The Labute approximate surface area is 113 Å². The van der Waals surface area contributed by atoms with E-state index in [9.17, 15) is 0 Å². The highest BCUT2D eigenvalue weighted by Crippen LogP contribution is 2.28. The highest BCUT2D eigenvalue weighted by atomic mass is 16.5. The lowest BCUT2D eigenvalue weighted by atomic mass is 10.0. The topological polar surface area (TPSA) is 71.4 Å². The van der Waals surface area contributed by atoms with E-state index in [1.807, 2.05) is 0 Å². The van der Waals surface area contributed by atoms with Gasteiger partial charge in [0.2, 0.25) is 5.89 Å². The van der Waals surface area contributed by atoms with Crippen molar-refractivity contribution in [1.29, 1.82) is 0 Å². The van der Waals surface area contributed by atoms with Crippen LogP contribution in [0.4, 0.5) is 0 Å². The van der Waals surface area contributed by atoms with Crippen LogP contribution in [0.5, 0.6) is 0 Å². The first-order chi connectivity index (χ1) is 9.31. The molecule has 6 nitrogen and oxygen atoms in total. The maximum Gasteiger partial charge on any atom is 0.231 e. The monoisotopic (exact) mass is 265 g/mol. The van der Waals surface area contributed by atoms with E-state index in [0.29, 0.717) is 12.6 Å². The van der Waals surface area contributed by atoms with Crippen molar-refractivity contribution in [3.05, 3.63) is 11.7 Å². The van der Waals surface area contributed by atoms with Gasteiger partial charge in [-0.3, -0.25) is 9.80 Å². The second kappa shape index (κ2) is 5.56. The van der Waals surface area contributed by atoms with Crippen molar-refractivity contribution in [2.24, 2.45) is 5.73 Å². The van der Waals surface area contributed by atoms with E-state index in [4.69, 9.17) is 10.3 Å². The smallest absolute Gasteiger partial charge is 0.231 e. The predicted molar refractivity (Wildman–Crippen MR) is 71.8 cm³/mol. The number of aromatic nitrogens is 2. The Hall–Kier alpha value is -0.980. The van der Waals surface area contributed by atoms with Crippen molar-refractivity contribution in [2.45, 2.75) is 31.7 Å². The zero-order valence-electron chi connectivity index (χ0n) is 11.6. The minimum Gasteiger partial charge on any atom is -0.339 e. The zero-order valence-corrected chi connectivity index (χ0v) is 11.6. The van der Waals surface area contributed by atoms with E-state index in [1.54, 1.807) is 0 Å². The normalized spacial score (nSPS) is 31.6. The molecule has 106 valence electrons. The minimum atomic E-state index is 0.210. The summed E-state index contributed by atoms with van der Waals surface area (Å²) in [6, 6.07) is 0.306. The molecule has 4 rings (SSSR count). The van der Waals surface area contributed by atoms with Crippen LogP contribution in [-0.2, 0) is 0 Å². The third-order valence-corrected chi connectivity index (χ3v) is 4.31. The van der Waals surface area contributed by atoms with Crippen LogP contribution in [0.3, 0.4) is 0 Å². The summed E-state index contributed by atoms with van der Waals surface area (Å²) in [7, 11) is 0. The molecular weight excluding hydrogens is 242 g/mol. The molecule has 2 atom stereocenters. The summed E-state index contributed by atoms with van der Waals surface area (Å²) in [4.78, 5) is 9.56. The van der Waals surface area contributed by atoms with Gasteiger partial charge < -0.3 is 10.3 Å². The molecule has 0 saturated carbocycles. The van der Waals surface area contributed by atoms with Crippen molar-refractivity contribution in [1.82, 2.24) is 19.9 Å². The van der Waals surface area contributed by atoms with Crippen molar-refractivity contribution < 1.29 is 4.52 Å². The summed E-state index contributed by atoms with van der Waals surface area (Å²) in [6.45, 7) is 8.33. The van der Waals surface area contributed by atoms with Crippen LogP contribution in [0.25, 0.3) is 0 Å². The Balaban J connectivity index is 1.74. The van der Waals surface area contributed by atoms with Gasteiger partial charge in [-0.05, 0) is 6.42 Å². The minimum absolute atomic E-state index is 0.210. The number of hydrogen-bond acceptors (Lipinski definition) is 6. The van der Waals surface area contributed by atoms with Crippen molar-refractivity contribution in [3.63, 3.8) is 0 Å². The lowest BCUT2D eigenvalue weighted by Gasteiger charge is -2.46. The molecule has 2 N–H and O–H groups in total. The SMILES string of the molecule is CCCC(CN)c1nc(C2CN3CCN2CC3)no1. The van der Waals surface area contributed by atoms with Crippen LogP contribution < -0.4 is 5.73 Å². The molecule has 4 heterocycles. The van der Waals surface area contributed by atoms with Gasteiger partial charge in [-0.25, -0.2) is 0 Å². The quantitative estimate of drug-likeness (QED) is 0.840. The molecule has 1 aromatic rings. The Bertz CT molecular complexity index is 413. The highest BCUT2D eigenvalue weighted by Gasteiger charge is 2.35. The van der Waals surface area contributed by atoms with Crippen LogP contribution in [0, 0.1) is 0 Å². The average Bonchev–Trinajstić information content (AvgIpc) is 2.95. The zero-order chi connectivity index (χ0) is 13.2. The number of nitrogens with two attached hydrogens (primary N) is 1. The number of hydrogen-bond donors (Lipinski definition) is 1. The first kappa shape index (κ1) is 13.0. The van der Waals surface area contributed by atoms with E-state index < -0.39 is 0 Å². The molecule has 1 aromatic heterocycles. The first-order valence-corrected chi connectivity index (χ1v) is 7.31. The molecule has 2 bridgehead atoms. The van der Waals surface area contributed by atoms with Gasteiger partial charge in [-0.1, -0.05) is 18.5 Å². The maximum atomic E-state index is 5.79. The second-order valence-corrected chi connectivity index (χ2v) is 5.56. The van der Waals surface area contributed by atoms with Crippen LogP contribution in [0.1, 0.15) is 43.4 Å². The average molecular weight is 265 g/mol. The molecule has 3 aliphatic heterocycles. The fourth-order valence-electron chi connectivity index (χ4n) is 3.10. The van der Waals surface area contributed by atoms with Crippen LogP contribution in [0.2, 0.25) is 0 Å². The number of rotatable bonds is 5. The van der Waals surface area contributed by atoms with Crippen molar-refractivity contribution in [2.75, 3.05) is 39.3 Å². The summed E-state index contributed by atoms with van der Waals surface area (Å²) >= 11 is 0. The van der Waals surface area contributed by atoms with E-state index in [-0.39, 0.29) is 5.92 Å². The van der Waals surface area contributed by atoms with Gasteiger partial charge in [0, 0.05) is 39.3 Å². The van der Waals surface area contributed by atoms with Gasteiger partial charge in [0.05, 0.1) is 12.0 Å². The lowest BCUT2D eigenvalue weighted by Crippen LogP contribution is -2.57. The summed E-state index contributed by atoms with van der Waals surface area (Å²) in [5, 5.41) is 4.20. The second-order valence-electron chi connectivity index (χ2n) is 5.56. The molecule has 0 aromatic carbocycles. The van der Waals surface area contributed by atoms with Gasteiger partial charge in [-0.15, -0.1) is 0 Å². The molecule has 0 amide bonds. The van der Waals surface area contributed by atoms with E-state index in [0.717, 1.165) is 44.2 Å². The van der Waals surface area contributed by atoms with E-state index in [1.165, 1.54) is 13.1 Å². The van der Waals surface area contributed by atoms with Crippen LogP contribution in [0.15, 0.2) is 4.52 Å². The van der Waals surface area contributed by atoms with Crippen LogP contribution in [-0.4, -0.2) is 59.2 Å². The molecule has 0 spiro atoms. The summed E-state index contributed by atoms with van der Waals surface area (Å²) in [5.41, 5.74) is 5.79. The Morgan fingerprint density at radius 2 is 2.16 bits per heavy atom. The summed E-state index contributed by atoms with van der Waals surface area (Å²) < 4.78 is 5.44. The van der Waals surface area contributed by atoms with Crippen LogP contribution >= 0.6 is 0 Å². The largest absolute Gasteiger partial charge is 0.339 e. The molecule has 0 aliphatic carbocycles. The summed E-state index contributed by atoms with van der Waals surface area (Å²) in [5.74, 6) is 1.77. The van der Waals surface area contributed by atoms with Gasteiger partial charge in [-0.2, -0.15) is 4.98 Å². The number of fused-ring (bicyclic) bond motifs is 3. The Morgan fingerprint density at radius 3 is 2.74 bits per heavy atom. The maximum absolute atomic E-state index is 5.79. The third-order valence-electron chi connectivity index (χ3n) is 4.31.